The van der Waals surface area contributed by atoms with Gasteiger partial charge < -0.3 is 9.88 Å². The zero-order valence-corrected chi connectivity index (χ0v) is 15.1. The lowest BCUT2D eigenvalue weighted by Crippen LogP contribution is -2.27. The second kappa shape index (κ2) is 7.58. The Hall–Kier alpha value is -2.86. The highest BCUT2D eigenvalue weighted by atomic mass is 32.2. The van der Waals surface area contributed by atoms with Gasteiger partial charge in [0.15, 0.2) is 9.84 Å². The Morgan fingerprint density at radius 1 is 1.08 bits per heavy atom. The Morgan fingerprint density at radius 2 is 1.77 bits per heavy atom. The van der Waals surface area contributed by atoms with Gasteiger partial charge in [-0.15, -0.1) is 6.58 Å². The molecular formula is C20H20N2O3S. The maximum Gasteiger partial charge on any atom is 0.240 e. The summed E-state index contributed by atoms with van der Waals surface area (Å²) in [5.41, 5.74) is 1.45. The molecule has 3 rings (SSSR count). The normalized spacial score (nSPS) is 11.4. The number of carbonyl (C=O) groups is 1. The lowest BCUT2D eigenvalue weighted by Gasteiger charge is -2.05. The molecule has 2 aromatic carbocycles. The van der Waals surface area contributed by atoms with Gasteiger partial charge in [-0.1, -0.05) is 54.6 Å². The Kier molecular flexibility index (Phi) is 5.23. The van der Waals surface area contributed by atoms with E-state index in [1.807, 2.05) is 30.3 Å². The summed E-state index contributed by atoms with van der Waals surface area (Å²) < 4.78 is 27.6. The smallest absolute Gasteiger partial charge is 0.240 e. The molecular weight excluding hydrogens is 348 g/mol. The summed E-state index contributed by atoms with van der Waals surface area (Å²) in [6.45, 7) is 3.99. The van der Waals surface area contributed by atoms with Gasteiger partial charge in [0, 0.05) is 23.6 Å². The SMILES string of the molecule is C=CCNC(=O)Cn1cc(S(=O)(=O)Cc2ccccc2)c2ccccc21. The molecule has 1 aromatic heterocycles. The molecule has 6 heteroatoms. The molecule has 0 spiro atoms. The van der Waals surface area contributed by atoms with Crippen LogP contribution in [0.2, 0.25) is 0 Å². The van der Waals surface area contributed by atoms with Crippen molar-refractivity contribution >= 4 is 26.6 Å². The maximum atomic E-state index is 13.0. The van der Waals surface area contributed by atoms with Crippen LogP contribution in [0.1, 0.15) is 5.56 Å². The summed E-state index contributed by atoms with van der Waals surface area (Å²) in [5, 5.41) is 3.33. The third kappa shape index (κ3) is 3.86. The number of nitrogens with zero attached hydrogens (tertiary/aromatic N) is 1. The first-order valence-corrected chi connectivity index (χ1v) is 9.88. The molecule has 0 saturated carbocycles. The molecule has 3 aromatic rings. The second-order valence-electron chi connectivity index (χ2n) is 5.98. The fourth-order valence-electron chi connectivity index (χ4n) is 2.86. The van der Waals surface area contributed by atoms with E-state index in [9.17, 15) is 13.2 Å². The van der Waals surface area contributed by atoms with Gasteiger partial charge in [0.2, 0.25) is 5.91 Å². The molecule has 1 amide bonds. The number of aromatic nitrogens is 1. The molecule has 0 aliphatic carbocycles. The molecule has 0 radical (unpaired) electrons. The van der Waals surface area contributed by atoms with E-state index in [1.165, 1.54) is 0 Å². The zero-order chi connectivity index (χ0) is 18.6. The molecule has 1 N–H and O–H groups in total. The number of nitrogens with one attached hydrogen (secondary N) is 1. The van der Waals surface area contributed by atoms with Crippen molar-refractivity contribution in [3.63, 3.8) is 0 Å². The largest absolute Gasteiger partial charge is 0.351 e. The second-order valence-corrected chi connectivity index (χ2v) is 7.93. The molecule has 0 aliphatic heterocycles. The number of hydrogen-bond donors (Lipinski definition) is 1. The molecule has 0 fully saturated rings. The zero-order valence-electron chi connectivity index (χ0n) is 14.3. The minimum absolute atomic E-state index is 0.0508. The Bertz CT molecular complexity index is 1040. The number of para-hydroxylation sites is 1. The van der Waals surface area contributed by atoms with Crippen molar-refractivity contribution in [2.75, 3.05) is 6.54 Å². The lowest BCUT2D eigenvalue weighted by atomic mass is 10.2. The number of hydrogen-bond acceptors (Lipinski definition) is 3. The third-order valence-corrected chi connectivity index (χ3v) is 5.75. The highest BCUT2D eigenvalue weighted by molar-refractivity contribution is 7.90. The summed E-state index contributed by atoms with van der Waals surface area (Å²) in [5.74, 6) is -0.275. The van der Waals surface area contributed by atoms with Crippen LogP contribution < -0.4 is 5.32 Å². The molecule has 0 saturated heterocycles. The fourth-order valence-corrected chi connectivity index (χ4v) is 4.44. The molecule has 134 valence electrons. The Balaban J connectivity index is 1.98. The molecule has 0 atom stereocenters. The molecule has 5 nitrogen and oxygen atoms in total. The highest BCUT2D eigenvalue weighted by Crippen LogP contribution is 2.28. The van der Waals surface area contributed by atoms with Crippen LogP contribution >= 0.6 is 0 Å². The number of benzene rings is 2. The van der Waals surface area contributed by atoms with E-state index in [0.29, 0.717) is 17.4 Å². The van der Waals surface area contributed by atoms with Crippen LogP contribution in [0.5, 0.6) is 0 Å². The summed E-state index contributed by atoms with van der Waals surface area (Å²) in [4.78, 5) is 12.3. The van der Waals surface area contributed by atoms with E-state index in [-0.39, 0.29) is 23.1 Å². The van der Waals surface area contributed by atoms with E-state index in [4.69, 9.17) is 0 Å². The molecule has 0 aliphatic rings. The number of fused-ring (bicyclic) bond motifs is 1. The predicted molar refractivity (Wildman–Crippen MR) is 102 cm³/mol. The van der Waals surface area contributed by atoms with Crippen molar-refractivity contribution < 1.29 is 13.2 Å². The predicted octanol–water partition coefficient (Wildman–Crippen LogP) is 2.92. The summed E-state index contributed by atoms with van der Waals surface area (Å²) in [6, 6.07) is 16.3. The van der Waals surface area contributed by atoms with Crippen molar-refractivity contribution in [2.24, 2.45) is 0 Å². The minimum atomic E-state index is -3.54. The summed E-state index contributed by atoms with van der Waals surface area (Å²) >= 11 is 0. The van der Waals surface area contributed by atoms with Crippen LogP contribution in [0, 0.1) is 0 Å². The summed E-state index contributed by atoms with van der Waals surface area (Å²) in [6.07, 6.45) is 3.15. The van der Waals surface area contributed by atoms with Gasteiger partial charge in [-0.25, -0.2) is 8.42 Å². The first-order valence-electron chi connectivity index (χ1n) is 8.23. The maximum absolute atomic E-state index is 13.0. The van der Waals surface area contributed by atoms with E-state index in [2.05, 4.69) is 11.9 Å². The minimum Gasteiger partial charge on any atom is -0.351 e. The molecule has 0 unspecified atom stereocenters. The Labute approximate surface area is 152 Å². The average molecular weight is 368 g/mol. The van der Waals surface area contributed by atoms with Crippen molar-refractivity contribution in [1.29, 1.82) is 0 Å². The number of carbonyl (C=O) groups excluding carboxylic acids is 1. The molecule has 0 bridgehead atoms. The standard InChI is InChI=1S/C20H20N2O3S/c1-2-12-21-20(23)14-22-13-19(17-10-6-7-11-18(17)22)26(24,25)15-16-8-4-3-5-9-16/h2-11,13H,1,12,14-15H2,(H,21,23). The van der Waals surface area contributed by atoms with Gasteiger partial charge in [0.25, 0.3) is 0 Å². The van der Waals surface area contributed by atoms with Gasteiger partial charge in [-0.3, -0.25) is 4.79 Å². The number of amides is 1. The van der Waals surface area contributed by atoms with Crippen molar-refractivity contribution in [3.05, 3.63) is 79.0 Å². The van der Waals surface area contributed by atoms with Gasteiger partial charge in [0.05, 0.1) is 10.6 Å². The van der Waals surface area contributed by atoms with Crippen LogP contribution in [-0.4, -0.2) is 25.4 Å². The van der Waals surface area contributed by atoms with Crippen molar-refractivity contribution in [2.45, 2.75) is 17.2 Å². The highest BCUT2D eigenvalue weighted by Gasteiger charge is 2.22. The van der Waals surface area contributed by atoms with E-state index < -0.39 is 9.84 Å². The van der Waals surface area contributed by atoms with Gasteiger partial charge in [-0.2, -0.15) is 0 Å². The van der Waals surface area contributed by atoms with Gasteiger partial charge in [-0.05, 0) is 11.6 Å². The Morgan fingerprint density at radius 3 is 2.50 bits per heavy atom. The molecule has 26 heavy (non-hydrogen) atoms. The van der Waals surface area contributed by atoms with E-state index in [0.717, 1.165) is 5.56 Å². The van der Waals surface area contributed by atoms with Gasteiger partial charge >= 0.3 is 0 Å². The average Bonchev–Trinajstić information content (AvgIpc) is 3.00. The van der Waals surface area contributed by atoms with E-state index >= 15 is 0 Å². The first-order chi connectivity index (χ1) is 12.5. The van der Waals surface area contributed by atoms with Crippen LogP contribution in [0.4, 0.5) is 0 Å². The summed E-state index contributed by atoms with van der Waals surface area (Å²) in [7, 11) is -3.54. The number of sulfone groups is 1. The number of rotatable bonds is 7. The monoisotopic (exact) mass is 368 g/mol. The van der Waals surface area contributed by atoms with Gasteiger partial charge in [0.1, 0.15) is 6.54 Å². The lowest BCUT2D eigenvalue weighted by molar-refractivity contribution is -0.121. The van der Waals surface area contributed by atoms with Crippen LogP contribution in [-0.2, 0) is 26.9 Å². The first kappa shape index (κ1) is 17.9. The van der Waals surface area contributed by atoms with Crippen molar-refractivity contribution in [3.8, 4) is 0 Å². The van der Waals surface area contributed by atoms with Crippen LogP contribution in [0.25, 0.3) is 10.9 Å². The van der Waals surface area contributed by atoms with Crippen molar-refractivity contribution in [1.82, 2.24) is 9.88 Å². The van der Waals surface area contributed by atoms with Crippen LogP contribution in [0.3, 0.4) is 0 Å². The quantitative estimate of drug-likeness (QED) is 0.652. The topological polar surface area (TPSA) is 68.2 Å². The van der Waals surface area contributed by atoms with E-state index in [1.54, 1.807) is 41.1 Å². The van der Waals surface area contributed by atoms with Crippen LogP contribution in [0.15, 0.2) is 78.3 Å². The fraction of sp³-hybridized carbons (Fsp3) is 0.150. The third-order valence-electron chi connectivity index (χ3n) is 4.04. The molecule has 1 heterocycles.